The molecule has 2 saturated heterocycles. The first-order valence-corrected chi connectivity index (χ1v) is 16.5. The summed E-state index contributed by atoms with van der Waals surface area (Å²) in [7, 11) is 0. The van der Waals surface area contributed by atoms with Gasteiger partial charge in [-0.05, 0) is 48.4 Å². The van der Waals surface area contributed by atoms with Crippen LogP contribution >= 0.6 is 0 Å². The SMILES string of the molecule is Cc1c(O)cc2c(c1O)C(=O)C(O[C@@H]1O[C@H](CO[C@@H]3OC[C@H](O)[C@H](O)[C@H]3OC(=O)/C=C/c3ccc(O)c(O)c3)[C@H](O)[C@H](O)[C@H]1O)C(c1ccc(O)cc1)O2. The van der Waals surface area contributed by atoms with Crippen LogP contribution in [0.1, 0.15) is 33.2 Å². The number of aromatic hydroxyl groups is 5. The minimum absolute atomic E-state index is 0.0301. The van der Waals surface area contributed by atoms with Crippen molar-refractivity contribution in [3.63, 3.8) is 0 Å². The predicted octanol–water partition coefficient (Wildman–Crippen LogP) is -0.248. The molecule has 11 atom stereocenters. The molecule has 10 N–H and O–H groups in total. The third kappa shape index (κ3) is 7.78. The number of hydrogen-bond acceptors (Lipinski definition) is 18. The Kier molecular flexibility index (Phi) is 11.3. The second-order valence-electron chi connectivity index (χ2n) is 12.9. The molecule has 290 valence electrons. The van der Waals surface area contributed by atoms with Gasteiger partial charge in [0.15, 0.2) is 42.4 Å². The van der Waals surface area contributed by atoms with Gasteiger partial charge in [0.25, 0.3) is 0 Å². The number of hydrogen-bond donors (Lipinski definition) is 10. The Hall–Kier alpha value is -5.02. The van der Waals surface area contributed by atoms with Gasteiger partial charge < -0.3 is 79.5 Å². The number of fused-ring (bicyclic) bond motifs is 1. The summed E-state index contributed by atoms with van der Waals surface area (Å²) in [6.45, 7) is 0.240. The monoisotopic (exact) mass is 758 g/mol. The highest BCUT2D eigenvalue weighted by atomic mass is 16.7. The van der Waals surface area contributed by atoms with E-state index < -0.39 is 104 Å². The highest BCUT2D eigenvalue weighted by Gasteiger charge is 2.50. The summed E-state index contributed by atoms with van der Waals surface area (Å²) in [4.78, 5) is 26.6. The smallest absolute Gasteiger partial charge is 0.331 e. The fourth-order valence-electron chi connectivity index (χ4n) is 6.10. The van der Waals surface area contributed by atoms with Crippen LogP contribution < -0.4 is 4.74 Å². The summed E-state index contributed by atoms with van der Waals surface area (Å²) in [6, 6.07) is 10.4. The molecule has 54 heavy (non-hydrogen) atoms. The first-order chi connectivity index (χ1) is 25.6. The molecule has 18 nitrogen and oxygen atoms in total. The topological polar surface area (TPSA) is 292 Å². The number of aliphatic hydroxyl groups excluding tert-OH is 5. The van der Waals surface area contributed by atoms with Gasteiger partial charge in [0, 0.05) is 17.7 Å². The Morgan fingerprint density at radius 3 is 2.28 bits per heavy atom. The van der Waals surface area contributed by atoms with Crippen LogP contribution in [0.4, 0.5) is 0 Å². The third-order valence-electron chi connectivity index (χ3n) is 9.21. The number of benzene rings is 3. The van der Waals surface area contributed by atoms with E-state index in [2.05, 4.69) is 0 Å². The van der Waals surface area contributed by atoms with Crippen LogP contribution in [0.25, 0.3) is 6.08 Å². The molecule has 0 aliphatic carbocycles. The van der Waals surface area contributed by atoms with Crippen molar-refractivity contribution in [2.45, 2.75) is 74.4 Å². The Bertz CT molecular complexity index is 1880. The zero-order chi connectivity index (χ0) is 39.0. The Balaban J connectivity index is 1.19. The van der Waals surface area contributed by atoms with Gasteiger partial charge in [0.2, 0.25) is 5.78 Å². The number of carbonyl (C=O) groups excluding carboxylic acids is 2. The van der Waals surface area contributed by atoms with Crippen LogP contribution in [0.3, 0.4) is 0 Å². The van der Waals surface area contributed by atoms with Crippen LogP contribution in [0.5, 0.6) is 34.5 Å². The summed E-state index contributed by atoms with van der Waals surface area (Å²) in [5, 5.41) is 103. The van der Waals surface area contributed by atoms with Crippen molar-refractivity contribution in [3.05, 3.63) is 76.9 Å². The molecule has 3 heterocycles. The van der Waals surface area contributed by atoms with Gasteiger partial charge in [-0.3, -0.25) is 4.79 Å². The second kappa shape index (κ2) is 15.8. The summed E-state index contributed by atoms with van der Waals surface area (Å²) >= 11 is 0. The number of esters is 1. The fraction of sp³-hybridized carbons (Fsp3) is 0.389. The molecular weight excluding hydrogens is 720 g/mol. The number of phenols is 5. The van der Waals surface area contributed by atoms with Gasteiger partial charge >= 0.3 is 5.97 Å². The molecular formula is C36H38O18. The molecule has 0 radical (unpaired) electrons. The lowest BCUT2D eigenvalue weighted by molar-refractivity contribution is -0.328. The minimum atomic E-state index is -1.96. The molecule has 3 aromatic rings. The van der Waals surface area contributed by atoms with E-state index in [0.717, 1.165) is 12.1 Å². The molecule has 2 fully saturated rings. The average Bonchev–Trinajstić information content (AvgIpc) is 3.14. The normalized spacial score (nSPS) is 31.1. The number of Topliss-reactive ketones (excluding diaryl/α,β-unsaturated/α-hetero) is 1. The number of ether oxygens (including phenoxy) is 6. The van der Waals surface area contributed by atoms with E-state index in [-0.39, 0.29) is 39.7 Å². The highest BCUT2D eigenvalue weighted by Crippen LogP contribution is 2.46. The maximum Gasteiger partial charge on any atom is 0.331 e. The standard InChI is InChI=1S/C36H38O18/c1-14-19(39)11-22-25(26(14)43)29(46)33(32(51-22)16-4-6-17(37)7-5-16)54-35-31(48)30(47)28(45)23(52-35)13-50-36-34(27(44)21(41)12-49-36)53-24(42)9-3-15-2-8-18(38)20(40)10-15/h2-11,21,23,27-28,30-41,43-45,47-48H,12-13H2,1H3/b9-3+/t21-,23+,27-,28-,30-,31+,32?,33?,34+,35-,36-/m0/s1. The van der Waals surface area contributed by atoms with E-state index in [4.69, 9.17) is 28.4 Å². The van der Waals surface area contributed by atoms with Crippen LogP contribution in [0.2, 0.25) is 0 Å². The van der Waals surface area contributed by atoms with E-state index >= 15 is 0 Å². The van der Waals surface area contributed by atoms with Crippen molar-refractivity contribution in [2.75, 3.05) is 13.2 Å². The van der Waals surface area contributed by atoms with Crippen molar-refractivity contribution in [3.8, 4) is 34.5 Å². The molecule has 0 spiro atoms. The lowest BCUT2D eigenvalue weighted by atomic mass is 9.91. The molecule has 18 heteroatoms. The third-order valence-corrected chi connectivity index (χ3v) is 9.21. The molecule has 6 rings (SSSR count). The molecule has 0 bridgehead atoms. The zero-order valence-corrected chi connectivity index (χ0v) is 28.3. The molecule has 0 saturated carbocycles. The first kappa shape index (κ1) is 38.7. The second-order valence-corrected chi connectivity index (χ2v) is 12.9. The van der Waals surface area contributed by atoms with E-state index in [1.807, 2.05) is 0 Å². The van der Waals surface area contributed by atoms with Crippen LogP contribution in [0.15, 0.2) is 54.6 Å². The summed E-state index contributed by atoms with van der Waals surface area (Å²) < 4.78 is 34.1. The van der Waals surface area contributed by atoms with Gasteiger partial charge in [-0.15, -0.1) is 0 Å². The van der Waals surface area contributed by atoms with E-state index in [1.165, 1.54) is 55.5 Å². The van der Waals surface area contributed by atoms with Gasteiger partial charge in [0.1, 0.15) is 65.2 Å². The van der Waals surface area contributed by atoms with Crippen molar-refractivity contribution >= 4 is 17.8 Å². The van der Waals surface area contributed by atoms with E-state index in [0.29, 0.717) is 5.56 Å². The molecule has 3 aromatic carbocycles. The summed E-state index contributed by atoms with van der Waals surface area (Å²) in [5.41, 5.74) is 0.220. The molecule has 3 aliphatic rings. The molecule has 0 aromatic heterocycles. The van der Waals surface area contributed by atoms with E-state index in [1.54, 1.807) is 0 Å². The minimum Gasteiger partial charge on any atom is -0.508 e. The lowest BCUT2D eigenvalue weighted by Crippen LogP contribution is -2.61. The van der Waals surface area contributed by atoms with E-state index in [9.17, 15) is 60.7 Å². The first-order valence-electron chi connectivity index (χ1n) is 16.5. The zero-order valence-electron chi connectivity index (χ0n) is 28.3. The fourth-order valence-corrected chi connectivity index (χ4v) is 6.10. The number of carbonyl (C=O) groups is 2. The van der Waals surface area contributed by atoms with Crippen molar-refractivity contribution in [2.24, 2.45) is 0 Å². The van der Waals surface area contributed by atoms with Gasteiger partial charge in [-0.2, -0.15) is 0 Å². The van der Waals surface area contributed by atoms with Crippen molar-refractivity contribution in [1.82, 2.24) is 0 Å². The van der Waals surface area contributed by atoms with Crippen LogP contribution in [-0.2, 0) is 28.5 Å². The number of aliphatic hydroxyl groups is 5. The Morgan fingerprint density at radius 1 is 0.852 bits per heavy atom. The largest absolute Gasteiger partial charge is 0.508 e. The van der Waals surface area contributed by atoms with Gasteiger partial charge in [-0.25, -0.2) is 4.79 Å². The maximum absolute atomic E-state index is 13.9. The van der Waals surface area contributed by atoms with Gasteiger partial charge in [-0.1, -0.05) is 18.2 Å². The number of rotatable bonds is 9. The quantitative estimate of drug-likeness (QED) is 0.0765. The average molecular weight is 759 g/mol. The lowest BCUT2D eigenvalue weighted by Gasteiger charge is -2.43. The summed E-state index contributed by atoms with van der Waals surface area (Å²) in [5.74, 6) is -3.95. The van der Waals surface area contributed by atoms with Gasteiger partial charge in [0.05, 0.1) is 13.2 Å². The molecule has 2 unspecified atom stereocenters. The number of phenolic OH excluding ortho intramolecular Hbond substituents is 5. The van der Waals surface area contributed by atoms with Crippen LogP contribution in [0, 0.1) is 6.92 Å². The Morgan fingerprint density at radius 2 is 1.57 bits per heavy atom. The molecule has 0 amide bonds. The number of ketones is 1. The summed E-state index contributed by atoms with van der Waals surface area (Å²) in [6.07, 6.45) is -16.3. The molecule has 3 aliphatic heterocycles. The maximum atomic E-state index is 13.9. The highest BCUT2D eigenvalue weighted by molar-refractivity contribution is 6.06. The Labute approximate surface area is 305 Å². The predicted molar refractivity (Wildman–Crippen MR) is 178 cm³/mol. The van der Waals surface area contributed by atoms with Crippen molar-refractivity contribution in [1.29, 1.82) is 0 Å². The van der Waals surface area contributed by atoms with Crippen molar-refractivity contribution < 1.29 is 89.1 Å². The van der Waals surface area contributed by atoms with Crippen LogP contribution in [-0.4, -0.2) is 137 Å².